The van der Waals surface area contributed by atoms with Crippen molar-refractivity contribution in [3.05, 3.63) is 77.6 Å². The molecule has 2 N–H and O–H groups in total. The Morgan fingerprint density at radius 1 is 0.966 bits per heavy atom. The van der Waals surface area contributed by atoms with Crippen molar-refractivity contribution >= 4 is 23.0 Å². The highest BCUT2D eigenvalue weighted by atomic mass is 16.5. The third kappa shape index (κ3) is 5.13. The first kappa shape index (κ1) is 20.4. The number of methoxy groups -OCH3 is 1. The van der Waals surface area contributed by atoms with Crippen molar-refractivity contribution in [2.24, 2.45) is 0 Å². The van der Waals surface area contributed by atoms with E-state index in [0.29, 0.717) is 17.0 Å². The number of benzene rings is 2. The summed E-state index contributed by atoms with van der Waals surface area (Å²) in [6.07, 6.45) is 3.24. The molecule has 0 unspecified atom stereocenters. The number of carbonyl (C=O) groups is 1. The minimum absolute atomic E-state index is 0.106. The molecule has 2 aromatic carbocycles. The summed E-state index contributed by atoms with van der Waals surface area (Å²) < 4.78 is 5.33. The Bertz CT molecular complexity index is 1010. The predicted octanol–water partition coefficient (Wildman–Crippen LogP) is 5.69. The van der Waals surface area contributed by atoms with Gasteiger partial charge in [-0.2, -0.15) is 0 Å². The summed E-state index contributed by atoms with van der Waals surface area (Å²) in [6.45, 7) is 8.52. The maximum absolute atomic E-state index is 12.7. The van der Waals surface area contributed by atoms with E-state index >= 15 is 0 Å². The van der Waals surface area contributed by atoms with Crippen LogP contribution in [0.5, 0.6) is 5.75 Å². The molecule has 0 atom stereocenters. The van der Waals surface area contributed by atoms with Gasteiger partial charge in [0.05, 0.1) is 30.2 Å². The quantitative estimate of drug-likeness (QED) is 0.588. The number of aromatic nitrogens is 1. The summed E-state index contributed by atoms with van der Waals surface area (Å²) in [4.78, 5) is 16.9. The van der Waals surface area contributed by atoms with Crippen LogP contribution in [0.15, 0.2) is 60.9 Å². The van der Waals surface area contributed by atoms with Crippen molar-refractivity contribution in [2.75, 3.05) is 17.7 Å². The molecule has 3 aromatic rings. The topological polar surface area (TPSA) is 63.2 Å². The molecule has 3 rings (SSSR count). The number of pyridine rings is 1. The van der Waals surface area contributed by atoms with Gasteiger partial charge >= 0.3 is 0 Å². The number of anilines is 3. The SMILES string of the molecule is COc1ccc(C)cc1NC(=O)c1cncc(Nc2ccc(C(C)(C)C)cc2)c1. The molecule has 5 nitrogen and oxygen atoms in total. The Hall–Kier alpha value is -3.34. The second kappa shape index (κ2) is 8.35. The molecule has 0 aliphatic carbocycles. The van der Waals surface area contributed by atoms with Gasteiger partial charge in [0.1, 0.15) is 5.75 Å². The summed E-state index contributed by atoms with van der Waals surface area (Å²) in [5.74, 6) is 0.373. The van der Waals surface area contributed by atoms with Crippen LogP contribution in [0.1, 0.15) is 42.3 Å². The molecule has 0 bridgehead atoms. The lowest BCUT2D eigenvalue weighted by atomic mass is 9.87. The van der Waals surface area contributed by atoms with Gasteiger partial charge < -0.3 is 15.4 Å². The van der Waals surface area contributed by atoms with Gasteiger partial charge in [-0.3, -0.25) is 9.78 Å². The molecule has 0 fully saturated rings. The van der Waals surface area contributed by atoms with Gasteiger partial charge in [-0.1, -0.05) is 39.0 Å². The third-order valence-electron chi connectivity index (χ3n) is 4.64. The molecule has 150 valence electrons. The van der Waals surface area contributed by atoms with E-state index in [9.17, 15) is 4.79 Å². The Balaban J connectivity index is 1.75. The second-order valence-electron chi connectivity index (χ2n) is 8.07. The average Bonchev–Trinajstić information content (AvgIpc) is 2.68. The first-order valence-electron chi connectivity index (χ1n) is 9.55. The summed E-state index contributed by atoms with van der Waals surface area (Å²) in [5, 5.41) is 6.21. The third-order valence-corrected chi connectivity index (χ3v) is 4.64. The van der Waals surface area contributed by atoms with Crippen molar-refractivity contribution in [3.8, 4) is 5.75 Å². The van der Waals surface area contributed by atoms with E-state index in [1.165, 1.54) is 5.56 Å². The largest absolute Gasteiger partial charge is 0.495 e. The lowest BCUT2D eigenvalue weighted by molar-refractivity contribution is 0.102. The van der Waals surface area contributed by atoms with Crippen LogP contribution in [0.4, 0.5) is 17.1 Å². The second-order valence-corrected chi connectivity index (χ2v) is 8.07. The monoisotopic (exact) mass is 389 g/mol. The lowest BCUT2D eigenvalue weighted by Crippen LogP contribution is -2.13. The van der Waals surface area contributed by atoms with Crippen LogP contribution in [0, 0.1) is 6.92 Å². The fourth-order valence-electron chi connectivity index (χ4n) is 2.97. The Labute approximate surface area is 172 Å². The molecule has 1 aromatic heterocycles. The lowest BCUT2D eigenvalue weighted by Gasteiger charge is -2.19. The number of hydrogen-bond acceptors (Lipinski definition) is 4. The molecule has 0 saturated carbocycles. The molecular formula is C24H27N3O2. The smallest absolute Gasteiger partial charge is 0.257 e. The number of aryl methyl sites for hydroxylation is 1. The van der Waals surface area contributed by atoms with Gasteiger partial charge in [-0.25, -0.2) is 0 Å². The van der Waals surface area contributed by atoms with Crippen molar-refractivity contribution in [1.82, 2.24) is 4.98 Å². The molecule has 5 heteroatoms. The van der Waals surface area contributed by atoms with Crippen LogP contribution >= 0.6 is 0 Å². The number of nitrogens with zero attached hydrogens (tertiary/aromatic N) is 1. The number of ether oxygens (including phenoxy) is 1. The van der Waals surface area contributed by atoms with Gasteiger partial charge in [-0.15, -0.1) is 0 Å². The Morgan fingerprint density at radius 3 is 2.34 bits per heavy atom. The predicted molar refractivity (Wildman–Crippen MR) is 118 cm³/mol. The van der Waals surface area contributed by atoms with E-state index in [2.05, 4.69) is 48.5 Å². The first-order chi connectivity index (χ1) is 13.8. The van der Waals surface area contributed by atoms with Gasteiger partial charge in [0, 0.05) is 11.9 Å². The summed E-state index contributed by atoms with van der Waals surface area (Å²) in [5.41, 5.74) is 5.19. The minimum atomic E-state index is -0.242. The van der Waals surface area contributed by atoms with Crippen LogP contribution in [0.3, 0.4) is 0 Å². The van der Waals surface area contributed by atoms with Gasteiger partial charge in [0.25, 0.3) is 5.91 Å². The summed E-state index contributed by atoms with van der Waals surface area (Å²) in [6, 6.07) is 15.7. The Morgan fingerprint density at radius 2 is 1.69 bits per heavy atom. The fraction of sp³-hybridized carbons (Fsp3) is 0.250. The minimum Gasteiger partial charge on any atom is -0.495 e. The molecule has 1 heterocycles. The molecule has 0 aliphatic heterocycles. The zero-order chi connectivity index (χ0) is 21.0. The van der Waals surface area contributed by atoms with E-state index in [0.717, 1.165) is 16.9 Å². The van der Waals surface area contributed by atoms with Crippen LogP contribution in [-0.2, 0) is 5.41 Å². The number of amides is 1. The Kier molecular flexibility index (Phi) is 5.87. The molecular weight excluding hydrogens is 362 g/mol. The highest BCUT2D eigenvalue weighted by Gasteiger charge is 2.14. The van der Waals surface area contributed by atoms with Gasteiger partial charge in [0.15, 0.2) is 0 Å². The van der Waals surface area contributed by atoms with Crippen molar-refractivity contribution < 1.29 is 9.53 Å². The molecule has 1 amide bonds. The van der Waals surface area contributed by atoms with Crippen LogP contribution in [-0.4, -0.2) is 18.0 Å². The number of carbonyl (C=O) groups excluding carboxylic acids is 1. The fourth-order valence-corrected chi connectivity index (χ4v) is 2.97. The zero-order valence-corrected chi connectivity index (χ0v) is 17.5. The molecule has 0 spiro atoms. The zero-order valence-electron chi connectivity index (χ0n) is 17.5. The van der Waals surface area contributed by atoms with E-state index in [1.807, 2.05) is 37.3 Å². The summed E-state index contributed by atoms with van der Waals surface area (Å²) >= 11 is 0. The highest BCUT2D eigenvalue weighted by Crippen LogP contribution is 2.27. The first-order valence-corrected chi connectivity index (χ1v) is 9.55. The number of rotatable bonds is 5. The number of hydrogen-bond donors (Lipinski definition) is 2. The molecule has 0 aliphatic rings. The van der Waals surface area contributed by atoms with E-state index in [1.54, 1.807) is 25.6 Å². The summed E-state index contributed by atoms with van der Waals surface area (Å²) in [7, 11) is 1.58. The average molecular weight is 389 g/mol. The highest BCUT2D eigenvalue weighted by molar-refractivity contribution is 6.05. The van der Waals surface area contributed by atoms with Gasteiger partial charge in [-0.05, 0) is 53.8 Å². The molecule has 29 heavy (non-hydrogen) atoms. The van der Waals surface area contributed by atoms with Crippen molar-refractivity contribution in [3.63, 3.8) is 0 Å². The van der Waals surface area contributed by atoms with E-state index in [-0.39, 0.29) is 11.3 Å². The molecule has 0 saturated heterocycles. The van der Waals surface area contributed by atoms with Crippen molar-refractivity contribution in [2.45, 2.75) is 33.1 Å². The van der Waals surface area contributed by atoms with Crippen LogP contribution in [0.2, 0.25) is 0 Å². The number of nitrogens with one attached hydrogen (secondary N) is 2. The van der Waals surface area contributed by atoms with Crippen LogP contribution in [0.25, 0.3) is 0 Å². The van der Waals surface area contributed by atoms with E-state index in [4.69, 9.17) is 4.74 Å². The van der Waals surface area contributed by atoms with Gasteiger partial charge in [0.2, 0.25) is 0 Å². The van der Waals surface area contributed by atoms with E-state index < -0.39 is 0 Å². The van der Waals surface area contributed by atoms with Crippen LogP contribution < -0.4 is 15.4 Å². The normalized spacial score (nSPS) is 11.1. The van der Waals surface area contributed by atoms with Crippen molar-refractivity contribution in [1.29, 1.82) is 0 Å². The maximum Gasteiger partial charge on any atom is 0.257 e. The standard InChI is InChI=1S/C24H27N3O2/c1-16-6-11-22(29-5)21(12-16)27-23(28)17-13-20(15-25-14-17)26-19-9-7-18(8-10-19)24(2,3)4/h6-15,26H,1-5H3,(H,27,28). The maximum atomic E-state index is 12.7. The molecule has 0 radical (unpaired) electrons.